The number of carbonyl (C=O) groups excluding carboxylic acids is 2. The van der Waals surface area contributed by atoms with Crippen LogP contribution < -0.4 is 5.32 Å². The van der Waals surface area contributed by atoms with E-state index in [1.54, 1.807) is 11.5 Å². The van der Waals surface area contributed by atoms with Gasteiger partial charge in [-0.15, -0.1) is 0 Å². The number of para-hydroxylation sites is 3. The van der Waals surface area contributed by atoms with Gasteiger partial charge in [0.25, 0.3) is 0 Å². The second-order valence-electron chi connectivity index (χ2n) is 6.63. The lowest BCUT2D eigenvalue weighted by atomic mass is 10.2. The normalized spacial score (nSPS) is 11.0. The number of hydrogen-bond acceptors (Lipinski definition) is 5. The molecule has 7 heteroatoms. The predicted molar refractivity (Wildman–Crippen MR) is 111 cm³/mol. The molecule has 0 fully saturated rings. The van der Waals surface area contributed by atoms with E-state index in [-0.39, 0.29) is 18.1 Å². The first-order valence-electron chi connectivity index (χ1n) is 9.33. The van der Waals surface area contributed by atoms with Crippen molar-refractivity contribution in [1.29, 1.82) is 0 Å². The molecule has 0 unspecified atom stereocenters. The van der Waals surface area contributed by atoms with Crippen molar-refractivity contribution in [2.75, 3.05) is 11.9 Å². The molecule has 29 heavy (non-hydrogen) atoms. The fourth-order valence-electron chi connectivity index (χ4n) is 3.37. The van der Waals surface area contributed by atoms with Crippen LogP contribution in [0.4, 0.5) is 5.82 Å². The molecule has 0 spiro atoms. The van der Waals surface area contributed by atoms with Gasteiger partial charge in [0.05, 0.1) is 23.3 Å². The Hall–Kier alpha value is -3.74. The van der Waals surface area contributed by atoms with E-state index in [9.17, 15) is 9.59 Å². The monoisotopic (exact) mass is 388 g/mol. The lowest BCUT2D eigenvalue weighted by Gasteiger charge is -2.13. The molecular formula is C22H20N4O3. The average molecular weight is 388 g/mol. The third-order valence-corrected chi connectivity index (χ3v) is 4.59. The molecule has 146 valence electrons. The van der Waals surface area contributed by atoms with Crippen LogP contribution >= 0.6 is 0 Å². The summed E-state index contributed by atoms with van der Waals surface area (Å²) in [7, 11) is 0. The van der Waals surface area contributed by atoms with Crippen molar-refractivity contribution >= 4 is 39.9 Å². The minimum atomic E-state index is -0.557. The molecule has 1 amide bonds. The summed E-state index contributed by atoms with van der Waals surface area (Å²) in [6.45, 7) is 5.29. The highest BCUT2D eigenvalue weighted by Crippen LogP contribution is 2.34. The Kier molecular flexibility index (Phi) is 4.72. The Morgan fingerprint density at radius 3 is 2.34 bits per heavy atom. The molecule has 0 aliphatic carbocycles. The van der Waals surface area contributed by atoms with E-state index in [0.717, 1.165) is 11.3 Å². The fraction of sp³-hybridized carbons (Fsp3) is 0.182. The van der Waals surface area contributed by atoms with Gasteiger partial charge in [-0.25, -0.2) is 14.8 Å². The predicted octanol–water partition coefficient (Wildman–Crippen LogP) is 4.02. The van der Waals surface area contributed by atoms with E-state index in [1.165, 1.54) is 6.92 Å². The number of rotatable bonds is 4. The van der Waals surface area contributed by atoms with Crippen LogP contribution in [0.15, 0.2) is 48.5 Å². The summed E-state index contributed by atoms with van der Waals surface area (Å²) in [5, 5.41) is 2.79. The zero-order valence-corrected chi connectivity index (χ0v) is 16.4. The van der Waals surface area contributed by atoms with Crippen LogP contribution in [0.1, 0.15) is 29.8 Å². The molecule has 0 radical (unpaired) electrons. The first-order chi connectivity index (χ1) is 14.0. The number of carbonyl (C=O) groups is 2. The number of anilines is 1. The van der Waals surface area contributed by atoms with Gasteiger partial charge in [0.1, 0.15) is 16.9 Å². The van der Waals surface area contributed by atoms with Crippen molar-refractivity contribution in [3.05, 3.63) is 59.7 Å². The summed E-state index contributed by atoms with van der Waals surface area (Å²) in [5.74, 6) is -0.563. The highest BCUT2D eigenvalue weighted by Gasteiger charge is 2.28. The maximum atomic E-state index is 12.9. The van der Waals surface area contributed by atoms with Gasteiger partial charge in [-0.1, -0.05) is 30.3 Å². The van der Waals surface area contributed by atoms with E-state index in [2.05, 4.69) is 10.3 Å². The van der Waals surface area contributed by atoms with Gasteiger partial charge in [0, 0.05) is 6.92 Å². The standard InChI is InChI=1S/C22H20N4O3/c1-4-29-22(28)18-19-21(25-16-11-7-6-10-15(16)24-19)26(20(18)23-14(3)27)17-12-8-5-9-13(17)2/h5-12H,4H2,1-3H3,(H,23,27). The zero-order valence-electron chi connectivity index (χ0n) is 16.4. The van der Waals surface area contributed by atoms with Crippen molar-refractivity contribution in [2.45, 2.75) is 20.8 Å². The Labute approximate surface area is 167 Å². The van der Waals surface area contributed by atoms with Crippen molar-refractivity contribution in [2.24, 2.45) is 0 Å². The van der Waals surface area contributed by atoms with E-state index in [1.807, 2.05) is 55.5 Å². The third kappa shape index (κ3) is 3.20. The van der Waals surface area contributed by atoms with Gasteiger partial charge in [0.15, 0.2) is 5.65 Å². The van der Waals surface area contributed by atoms with E-state index >= 15 is 0 Å². The summed E-state index contributed by atoms with van der Waals surface area (Å²) in [5.41, 5.74) is 4.15. The smallest absolute Gasteiger partial charge is 0.344 e. The van der Waals surface area contributed by atoms with Crippen LogP contribution in [0.5, 0.6) is 0 Å². The first-order valence-corrected chi connectivity index (χ1v) is 9.33. The Balaban J connectivity index is 2.18. The molecule has 0 atom stereocenters. The second kappa shape index (κ2) is 7.35. The Morgan fingerprint density at radius 1 is 1.03 bits per heavy atom. The zero-order chi connectivity index (χ0) is 20.5. The van der Waals surface area contributed by atoms with Crippen LogP contribution in [0, 0.1) is 6.92 Å². The van der Waals surface area contributed by atoms with Crippen molar-refractivity contribution < 1.29 is 14.3 Å². The molecule has 0 aliphatic rings. The average Bonchev–Trinajstić information content (AvgIpc) is 2.98. The van der Waals surface area contributed by atoms with Crippen LogP contribution in [0.2, 0.25) is 0 Å². The summed E-state index contributed by atoms with van der Waals surface area (Å²) >= 11 is 0. The molecule has 0 bridgehead atoms. The maximum absolute atomic E-state index is 12.9. The van der Waals surface area contributed by atoms with Crippen LogP contribution in [-0.2, 0) is 9.53 Å². The van der Waals surface area contributed by atoms with Gasteiger partial charge in [-0.05, 0) is 37.6 Å². The molecule has 4 rings (SSSR count). The molecule has 7 nitrogen and oxygen atoms in total. The number of aromatic nitrogens is 3. The number of fused-ring (bicyclic) bond motifs is 2. The number of ether oxygens (including phenoxy) is 1. The highest BCUT2D eigenvalue weighted by molar-refractivity contribution is 6.11. The Morgan fingerprint density at radius 2 is 1.69 bits per heavy atom. The van der Waals surface area contributed by atoms with Gasteiger partial charge >= 0.3 is 5.97 Å². The summed E-state index contributed by atoms with van der Waals surface area (Å²) in [6.07, 6.45) is 0. The molecule has 0 aliphatic heterocycles. The number of nitrogens with zero attached hydrogens (tertiary/aromatic N) is 3. The second-order valence-corrected chi connectivity index (χ2v) is 6.63. The molecule has 0 saturated heterocycles. The number of aryl methyl sites for hydroxylation is 1. The third-order valence-electron chi connectivity index (χ3n) is 4.59. The van der Waals surface area contributed by atoms with Crippen molar-refractivity contribution in [1.82, 2.24) is 14.5 Å². The van der Waals surface area contributed by atoms with Gasteiger partial charge < -0.3 is 10.1 Å². The highest BCUT2D eigenvalue weighted by atomic mass is 16.5. The van der Waals surface area contributed by atoms with Crippen LogP contribution in [0.3, 0.4) is 0 Å². The van der Waals surface area contributed by atoms with E-state index in [0.29, 0.717) is 28.0 Å². The lowest BCUT2D eigenvalue weighted by molar-refractivity contribution is -0.114. The van der Waals surface area contributed by atoms with Gasteiger partial charge in [0.2, 0.25) is 5.91 Å². The molecule has 4 aromatic rings. The minimum Gasteiger partial charge on any atom is -0.462 e. The molecule has 2 heterocycles. The molecule has 2 aromatic heterocycles. The number of hydrogen-bond donors (Lipinski definition) is 1. The van der Waals surface area contributed by atoms with Crippen molar-refractivity contribution in [3.8, 4) is 5.69 Å². The molecule has 0 saturated carbocycles. The quantitative estimate of drug-likeness (QED) is 0.534. The summed E-state index contributed by atoms with van der Waals surface area (Å²) < 4.78 is 7.04. The SMILES string of the molecule is CCOC(=O)c1c(NC(C)=O)n(-c2ccccc2C)c2nc3ccccc3nc12. The van der Waals surface area contributed by atoms with Gasteiger partial charge in [-0.3, -0.25) is 9.36 Å². The fourth-order valence-corrected chi connectivity index (χ4v) is 3.37. The molecular weight excluding hydrogens is 368 g/mol. The summed E-state index contributed by atoms with van der Waals surface area (Å²) in [4.78, 5) is 34.3. The largest absolute Gasteiger partial charge is 0.462 e. The lowest BCUT2D eigenvalue weighted by Crippen LogP contribution is -2.15. The Bertz CT molecular complexity index is 1260. The first kappa shape index (κ1) is 18.6. The number of benzene rings is 2. The number of nitrogens with one attached hydrogen (secondary N) is 1. The number of amides is 1. The van der Waals surface area contributed by atoms with E-state index in [4.69, 9.17) is 9.72 Å². The molecule has 1 N–H and O–H groups in total. The van der Waals surface area contributed by atoms with Crippen LogP contribution in [0.25, 0.3) is 27.9 Å². The molecule has 2 aromatic carbocycles. The van der Waals surface area contributed by atoms with Crippen molar-refractivity contribution in [3.63, 3.8) is 0 Å². The minimum absolute atomic E-state index is 0.193. The van der Waals surface area contributed by atoms with E-state index < -0.39 is 5.97 Å². The summed E-state index contributed by atoms with van der Waals surface area (Å²) in [6, 6.07) is 15.1. The van der Waals surface area contributed by atoms with Crippen LogP contribution in [-0.4, -0.2) is 33.0 Å². The van der Waals surface area contributed by atoms with Gasteiger partial charge in [-0.2, -0.15) is 0 Å². The topological polar surface area (TPSA) is 86.1 Å². The number of esters is 1. The maximum Gasteiger partial charge on any atom is 0.344 e.